The van der Waals surface area contributed by atoms with E-state index in [0.717, 1.165) is 32.0 Å². The van der Waals surface area contributed by atoms with Gasteiger partial charge in [-0.25, -0.2) is 4.79 Å². The van der Waals surface area contributed by atoms with E-state index in [-0.39, 0.29) is 5.56 Å². The summed E-state index contributed by atoms with van der Waals surface area (Å²) in [7, 11) is 0. The summed E-state index contributed by atoms with van der Waals surface area (Å²) in [6.45, 7) is 6.55. The molecule has 5 nitrogen and oxygen atoms in total. The van der Waals surface area contributed by atoms with Crippen LogP contribution in [0.15, 0.2) is 29.4 Å². The van der Waals surface area contributed by atoms with Gasteiger partial charge in [-0.2, -0.15) is 18.3 Å². The van der Waals surface area contributed by atoms with E-state index in [4.69, 9.17) is 4.74 Å². The van der Waals surface area contributed by atoms with Crippen molar-refractivity contribution in [3.63, 3.8) is 0 Å². The zero-order valence-electron chi connectivity index (χ0n) is 15.1. The van der Waals surface area contributed by atoms with Crippen molar-refractivity contribution in [3.8, 4) is 0 Å². The van der Waals surface area contributed by atoms with E-state index >= 15 is 0 Å². The Hall–Kier alpha value is -2.25. The lowest BCUT2D eigenvalue weighted by Crippen LogP contribution is -2.36. The summed E-state index contributed by atoms with van der Waals surface area (Å²) in [4.78, 5) is 12.1. The number of nitrogens with zero attached hydrogens (tertiary/aromatic N) is 2. The molecule has 2 rings (SSSR count). The minimum Gasteiger partial charge on any atom is -0.444 e. The van der Waals surface area contributed by atoms with Crippen molar-refractivity contribution < 1.29 is 22.7 Å². The number of hydrogen-bond donors (Lipinski definition) is 1. The molecule has 26 heavy (non-hydrogen) atoms. The molecule has 0 aromatic heterocycles. The van der Waals surface area contributed by atoms with E-state index in [0.29, 0.717) is 0 Å². The number of amides is 1. The molecule has 0 spiro atoms. The van der Waals surface area contributed by atoms with Gasteiger partial charge in [0.1, 0.15) is 5.60 Å². The molecule has 1 atom stereocenters. The fraction of sp³-hybridized carbons (Fsp3) is 0.556. The predicted molar refractivity (Wildman–Crippen MR) is 92.9 cm³/mol. The van der Waals surface area contributed by atoms with Crippen LogP contribution < -0.4 is 5.32 Å². The maximum Gasteiger partial charge on any atom is 0.416 e. The van der Waals surface area contributed by atoms with E-state index in [1.807, 2.05) is 0 Å². The Morgan fingerprint density at radius 1 is 1.23 bits per heavy atom. The number of halogens is 3. The highest BCUT2D eigenvalue weighted by Crippen LogP contribution is 2.34. The van der Waals surface area contributed by atoms with Gasteiger partial charge >= 0.3 is 12.3 Å². The van der Waals surface area contributed by atoms with Crippen molar-refractivity contribution in [2.75, 3.05) is 13.1 Å². The average molecular weight is 371 g/mol. The van der Waals surface area contributed by atoms with Gasteiger partial charge in [0.15, 0.2) is 0 Å². The highest BCUT2D eigenvalue weighted by Gasteiger charge is 2.35. The molecule has 8 heteroatoms. The normalized spacial score (nSPS) is 16.8. The molecule has 1 aliphatic rings. The zero-order valence-corrected chi connectivity index (χ0v) is 15.1. The molecule has 0 aliphatic carbocycles. The molecule has 144 valence electrons. The molecule has 0 unspecified atom stereocenters. The Kier molecular flexibility index (Phi) is 6.15. The predicted octanol–water partition coefficient (Wildman–Crippen LogP) is 4.35. The van der Waals surface area contributed by atoms with Gasteiger partial charge in [-0.3, -0.25) is 5.01 Å². The highest BCUT2D eigenvalue weighted by atomic mass is 19.4. The molecule has 1 saturated heterocycles. The van der Waals surface area contributed by atoms with Crippen molar-refractivity contribution in [1.29, 1.82) is 0 Å². The smallest absolute Gasteiger partial charge is 0.416 e. The van der Waals surface area contributed by atoms with E-state index in [1.54, 1.807) is 25.8 Å². The number of ether oxygens (including phenoxy) is 1. The fourth-order valence-electron chi connectivity index (χ4n) is 2.63. The second-order valence-corrected chi connectivity index (χ2v) is 7.13. The molecule has 1 aliphatic heterocycles. The molecule has 1 fully saturated rings. The first kappa shape index (κ1) is 20.1. The number of alkyl halides is 3. The van der Waals surface area contributed by atoms with Crippen molar-refractivity contribution in [2.24, 2.45) is 5.10 Å². The van der Waals surface area contributed by atoms with Crippen LogP contribution in [0.1, 0.15) is 50.8 Å². The highest BCUT2D eigenvalue weighted by molar-refractivity contribution is 5.77. The molecule has 1 aromatic carbocycles. The van der Waals surface area contributed by atoms with Crippen molar-refractivity contribution in [3.05, 3.63) is 35.4 Å². The molecule has 0 bridgehead atoms. The van der Waals surface area contributed by atoms with Gasteiger partial charge in [0.05, 0.1) is 17.8 Å². The third-order valence-corrected chi connectivity index (χ3v) is 3.73. The number of carbonyl (C=O) groups is 1. The second-order valence-electron chi connectivity index (χ2n) is 7.13. The Balaban J connectivity index is 2.30. The number of benzene rings is 1. The lowest BCUT2D eigenvalue weighted by Gasteiger charge is -2.24. The van der Waals surface area contributed by atoms with Crippen LogP contribution >= 0.6 is 0 Å². The summed E-state index contributed by atoms with van der Waals surface area (Å²) in [5, 5.41) is 8.51. The Labute approximate surface area is 151 Å². The fourth-order valence-corrected chi connectivity index (χ4v) is 2.63. The SMILES string of the molecule is CC(C)(C)OC(=O)N[C@H](/C=N\N1CCCC1)c1ccccc1C(F)(F)F. The number of hydrazone groups is 1. The lowest BCUT2D eigenvalue weighted by molar-refractivity contribution is -0.138. The van der Waals surface area contributed by atoms with Crippen LogP contribution in [0, 0.1) is 0 Å². The quantitative estimate of drug-likeness (QED) is 0.801. The monoisotopic (exact) mass is 371 g/mol. The van der Waals surface area contributed by atoms with Gasteiger partial charge in [0, 0.05) is 13.1 Å². The number of rotatable bonds is 4. The molecule has 1 N–H and O–H groups in total. The Bertz CT molecular complexity index is 648. The summed E-state index contributed by atoms with van der Waals surface area (Å²) in [5.74, 6) is 0. The molecule has 0 saturated carbocycles. The van der Waals surface area contributed by atoms with E-state index < -0.39 is 29.5 Å². The molecule has 1 heterocycles. The van der Waals surface area contributed by atoms with Gasteiger partial charge in [-0.05, 0) is 45.2 Å². The standard InChI is InChI=1S/C18H24F3N3O2/c1-17(2,3)26-16(25)23-15(12-22-24-10-6-7-11-24)13-8-4-5-9-14(13)18(19,20)21/h4-5,8-9,12,15H,6-7,10-11H2,1-3H3,(H,23,25)/b22-12-/t15-/m1/s1. The van der Waals surface area contributed by atoms with Crippen LogP contribution in [0.4, 0.5) is 18.0 Å². The van der Waals surface area contributed by atoms with Crippen LogP contribution in [-0.2, 0) is 10.9 Å². The third kappa shape index (κ3) is 5.93. The minimum atomic E-state index is -4.54. The van der Waals surface area contributed by atoms with E-state index in [2.05, 4.69) is 10.4 Å². The maximum absolute atomic E-state index is 13.4. The van der Waals surface area contributed by atoms with Crippen LogP contribution in [0.3, 0.4) is 0 Å². The summed E-state index contributed by atoms with van der Waals surface area (Å²) in [5.41, 5.74) is -1.65. The van der Waals surface area contributed by atoms with Crippen molar-refractivity contribution in [2.45, 2.75) is 51.4 Å². The first-order valence-corrected chi connectivity index (χ1v) is 8.51. The number of nitrogens with one attached hydrogen (secondary N) is 1. The summed E-state index contributed by atoms with van der Waals surface area (Å²) >= 11 is 0. The maximum atomic E-state index is 13.4. The number of carbonyl (C=O) groups excluding carboxylic acids is 1. The molecular formula is C18H24F3N3O2. The lowest BCUT2D eigenvalue weighted by atomic mass is 10.0. The van der Waals surface area contributed by atoms with E-state index in [9.17, 15) is 18.0 Å². The summed E-state index contributed by atoms with van der Waals surface area (Å²) < 4.78 is 45.3. The second kappa shape index (κ2) is 7.97. The third-order valence-electron chi connectivity index (χ3n) is 3.73. The van der Waals surface area contributed by atoms with Gasteiger partial charge in [-0.1, -0.05) is 18.2 Å². The molecule has 1 amide bonds. The topological polar surface area (TPSA) is 53.9 Å². The van der Waals surface area contributed by atoms with Gasteiger partial charge in [0.25, 0.3) is 0 Å². The first-order valence-electron chi connectivity index (χ1n) is 8.51. The largest absolute Gasteiger partial charge is 0.444 e. The Morgan fingerprint density at radius 3 is 2.42 bits per heavy atom. The van der Waals surface area contributed by atoms with Crippen LogP contribution in [-0.4, -0.2) is 36.0 Å². The number of alkyl carbamates (subject to hydrolysis) is 1. The summed E-state index contributed by atoms with van der Waals surface area (Å²) in [6, 6.07) is 4.08. The van der Waals surface area contributed by atoms with Crippen molar-refractivity contribution in [1.82, 2.24) is 10.3 Å². The molecular weight excluding hydrogens is 347 g/mol. The molecule has 1 aromatic rings. The molecule has 0 radical (unpaired) electrons. The first-order chi connectivity index (χ1) is 12.1. The van der Waals surface area contributed by atoms with Crippen LogP contribution in [0.25, 0.3) is 0 Å². The Morgan fingerprint density at radius 2 is 1.85 bits per heavy atom. The van der Waals surface area contributed by atoms with Gasteiger partial charge in [-0.15, -0.1) is 0 Å². The average Bonchev–Trinajstić information content (AvgIpc) is 3.02. The van der Waals surface area contributed by atoms with Crippen LogP contribution in [0.5, 0.6) is 0 Å². The van der Waals surface area contributed by atoms with Crippen molar-refractivity contribution >= 4 is 12.3 Å². The van der Waals surface area contributed by atoms with Gasteiger partial charge in [0.2, 0.25) is 0 Å². The van der Waals surface area contributed by atoms with E-state index in [1.165, 1.54) is 24.4 Å². The zero-order chi connectivity index (χ0) is 19.4. The number of hydrogen-bond acceptors (Lipinski definition) is 4. The van der Waals surface area contributed by atoms with Crippen LogP contribution in [0.2, 0.25) is 0 Å². The summed E-state index contributed by atoms with van der Waals surface area (Å²) in [6.07, 6.45) is -2.03. The van der Waals surface area contributed by atoms with Gasteiger partial charge < -0.3 is 10.1 Å². The minimum absolute atomic E-state index is 0.0752.